The Balaban J connectivity index is 1.36. The molecule has 2 unspecified atom stereocenters. The van der Waals surface area contributed by atoms with E-state index in [0.717, 1.165) is 29.4 Å². The second-order valence-electron chi connectivity index (χ2n) is 13.0. The van der Waals surface area contributed by atoms with Gasteiger partial charge in [-0.15, -0.1) is 0 Å². The highest BCUT2D eigenvalue weighted by atomic mass is 16.3. The summed E-state index contributed by atoms with van der Waals surface area (Å²) < 4.78 is 0. The standard InChI is InChI=1S/C34H44N4O3/c1-34(2,3)37-33(41)30-20-25-14-7-8-15-26(25)21-38(30)22-31(39)29(19-23-11-5-4-6-12-23)36-32(40)28-18-17-24-13-9-10-16-27(24)35-28/h4-6,9-13,16-18,25-26,29-31,39H,7-8,14-15,19-22H2,1-3H3,(H,36,40)(H,37,41)/t25?,26?,29-,30-,31+/m0/s1. The van der Waals surface area contributed by atoms with E-state index in [9.17, 15) is 14.7 Å². The topological polar surface area (TPSA) is 94.6 Å². The third-order valence-corrected chi connectivity index (χ3v) is 8.64. The summed E-state index contributed by atoms with van der Waals surface area (Å²) in [4.78, 5) is 33.7. The van der Waals surface area contributed by atoms with Crippen molar-refractivity contribution in [2.24, 2.45) is 11.8 Å². The molecule has 0 radical (unpaired) electrons. The van der Waals surface area contributed by atoms with E-state index in [2.05, 4.69) is 20.5 Å². The Kier molecular flexibility index (Phi) is 9.05. The number of benzene rings is 2. The van der Waals surface area contributed by atoms with E-state index in [1.165, 1.54) is 25.7 Å². The number of aliphatic hydroxyl groups is 1. The zero-order chi connectivity index (χ0) is 29.0. The van der Waals surface area contributed by atoms with E-state index in [0.29, 0.717) is 30.5 Å². The number of likely N-dealkylation sites (tertiary alicyclic amines) is 1. The normalized spacial score (nSPS) is 22.9. The third kappa shape index (κ3) is 7.52. The first-order valence-corrected chi connectivity index (χ1v) is 15.1. The minimum absolute atomic E-state index is 0.0257. The Bertz CT molecular complexity index is 1340. The van der Waals surface area contributed by atoms with Crippen LogP contribution in [0.25, 0.3) is 10.9 Å². The Morgan fingerprint density at radius 3 is 2.44 bits per heavy atom. The third-order valence-electron chi connectivity index (χ3n) is 8.64. The van der Waals surface area contributed by atoms with Gasteiger partial charge in [-0.2, -0.15) is 0 Å². The first kappa shape index (κ1) is 29.2. The first-order chi connectivity index (χ1) is 19.7. The number of carbonyl (C=O) groups excluding carboxylic acids is 2. The molecule has 5 atom stereocenters. The smallest absolute Gasteiger partial charge is 0.270 e. The molecule has 2 aliphatic rings. The van der Waals surface area contributed by atoms with Gasteiger partial charge in [0.05, 0.1) is 23.7 Å². The van der Waals surface area contributed by atoms with Crippen LogP contribution in [0.5, 0.6) is 0 Å². The summed E-state index contributed by atoms with van der Waals surface area (Å²) in [5.41, 5.74) is 1.76. The number of aromatic nitrogens is 1. The zero-order valence-corrected chi connectivity index (χ0v) is 24.6. The van der Waals surface area contributed by atoms with Gasteiger partial charge in [-0.25, -0.2) is 4.98 Å². The maximum absolute atomic E-state index is 13.5. The molecule has 1 saturated heterocycles. The van der Waals surface area contributed by atoms with Crippen LogP contribution in [0.4, 0.5) is 0 Å². The monoisotopic (exact) mass is 556 g/mol. The molecular weight excluding hydrogens is 512 g/mol. The Hall–Kier alpha value is -3.29. The molecular formula is C34H44N4O3. The minimum Gasteiger partial charge on any atom is -0.390 e. The number of pyridine rings is 1. The lowest BCUT2D eigenvalue weighted by molar-refractivity contribution is -0.132. The molecule has 1 saturated carbocycles. The highest BCUT2D eigenvalue weighted by Crippen LogP contribution is 2.39. The summed E-state index contributed by atoms with van der Waals surface area (Å²) in [6.45, 7) is 7.12. The van der Waals surface area contributed by atoms with Crippen molar-refractivity contribution < 1.29 is 14.7 Å². The van der Waals surface area contributed by atoms with Crippen molar-refractivity contribution in [3.05, 3.63) is 78.0 Å². The number of rotatable bonds is 8. The van der Waals surface area contributed by atoms with Gasteiger partial charge in [-0.3, -0.25) is 14.5 Å². The van der Waals surface area contributed by atoms with Gasteiger partial charge >= 0.3 is 0 Å². The van der Waals surface area contributed by atoms with E-state index >= 15 is 0 Å². The van der Waals surface area contributed by atoms with Crippen LogP contribution in [0, 0.1) is 11.8 Å². The van der Waals surface area contributed by atoms with Gasteiger partial charge in [0.2, 0.25) is 5.91 Å². The molecule has 0 bridgehead atoms. The number of β-amino-alcohol motifs (C(OH)–C–C–N with tert-alkyl or cyclic N) is 1. The van der Waals surface area contributed by atoms with E-state index in [1.54, 1.807) is 6.07 Å². The van der Waals surface area contributed by atoms with E-state index in [-0.39, 0.29) is 23.4 Å². The van der Waals surface area contributed by atoms with Crippen LogP contribution in [0.15, 0.2) is 66.7 Å². The van der Waals surface area contributed by atoms with Crippen LogP contribution in [0.2, 0.25) is 0 Å². The molecule has 3 N–H and O–H groups in total. The number of aliphatic hydroxyl groups excluding tert-OH is 1. The number of hydrogen-bond donors (Lipinski definition) is 3. The summed E-state index contributed by atoms with van der Waals surface area (Å²) >= 11 is 0. The molecule has 1 aliphatic carbocycles. The molecule has 41 heavy (non-hydrogen) atoms. The van der Waals surface area contributed by atoms with Crippen LogP contribution in [0.3, 0.4) is 0 Å². The lowest BCUT2D eigenvalue weighted by Crippen LogP contribution is -2.60. The second-order valence-corrected chi connectivity index (χ2v) is 13.0. The minimum atomic E-state index is -0.871. The number of piperidine rings is 1. The quantitative estimate of drug-likeness (QED) is 0.373. The zero-order valence-electron chi connectivity index (χ0n) is 24.6. The van der Waals surface area contributed by atoms with Crippen LogP contribution in [-0.2, 0) is 11.2 Å². The molecule has 3 aromatic rings. The number of hydrogen-bond acceptors (Lipinski definition) is 5. The average molecular weight is 557 g/mol. The number of fused-ring (bicyclic) bond motifs is 2. The van der Waals surface area contributed by atoms with E-state index < -0.39 is 12.1 Å². The van der Waals surface area contributed by atoms with Crippen LogP contribution < -0.4 is 10.6 Å². The fourth-order valence-corrected chi connectivity index (χ4v) is 6.58. The van der Waals surface area contributed by atoms with Crippen molar-refractivity contribution in [1.82, 2.24) is 20.5 Å². The van der Waals surface area contributed by atoms with Crippen LogP contribution in [-0.4, -0.2) is 63.6 Å². The SMILES string of the molecule is CC(C)(C)NC(=O)[C@@H]1CC2CCCCC2CN1C[C@@H](O)[C@H](Cc1ccccc1)NC(=O)c1ccc2ccccc2n1. The van der Waals surface area contributed by atoms with Crippen molar-refractivity contribution in [3.8, 4) is 0 Å². The molecule has 1 aromatic heterocycles. The highest BCUT2D eigenvalue weighted by molar-refractivity contribution is 5.95. The summed E-state index contributed by atoms with van der Waals surface area (Å²) in [6.07, 6.45) is 5.21. The molecule has 0 spiro atoms. The lowest BCUT2D eigenvalue weighted by atomic mass is 9.72. The fraction of sp³-hybridized carbons (Fsp3) is 0.500. The Labute approximate surface area is 243 Å². The Morgan fingerprint density at radius 2 is 1.68 bits per heavy atom. The van der Waals surface area contributed by atoms with E-state index in [4.69, 9.17) is 0 Å². The summed E-state index contributed by atoms with van der Waals surface area (Å²) in [7, 11) is 0. The Morgan fingerprint density at radius 1 is 0.976 bits per heavy atom. The van der Waals surface area contributed by atoms with Crippen molar-refractivity contribution in [2.45, 2.75) is 83.0 Å². The number of nitrogens with zero attached hydrogens (tertiary/aromatic N) is 2. The van der Waals surface area contributed by atoms with Gasteiger partial charge in [0, 0.05) is 24.0 Å². The highest BCUT2D eigenvalue weighted by Gasteiger charge is 2.41. The summed E-state index contributed by atoms with van der Waals surface area (Å²) in [6, 6.07) is 20.4. The predicted octanol–water partition coefficient (Wildman–Crippen LogP) is 4.73. The molecule has 2 amide bonds. The molecule has 7 heteroatoms. The van der Waals surface area contributed by atoms with E-state index in [1.807, 2.05) is 81.4 Å². The van der Waals surface area contributed by atoms with Gasteiger partial charge < -0.3 is 15.7 Å². The van der Waals surface area contributed by atoms with Crippen molar-refractivity contribution in [3.63, 3.8) is 0 Å². The number of para-hydroxylation sites is 1. The van der Waals surface area contributed by atoms with Gasteiger partial charge in [0.1, 0.15) is 5.69 Å². The van der Waals surface area contributed by atoms with Crippen molar-refractivity contribution >= 4 is 22.7 Å². The van der Waals surface area contributed by atoms with Gasteiger partial charge in [0.15, 0.2) is 0 Å². The summed E-state index contributed by atoms with van der Waals surface area (Å²) in [5.74, 6) is 0.798. The molecule has 218 valence electrons. The maximum atomic E-state index is 13.5. The number of nitrogens with one attached hydrogen (secondary N) is 2. The number of amides is 2. The fourth-order valence-electron chi connectivity index (χ4n) is 6.58. The molecule has 5 rings (SSSR count). The maximum Gasteiger partial charge on any atom is 0.270 e. The molecule has 2 fully saturated rings. The predicted molar refractivity (Wildman–Crippen MR) is 162 cm³/mol. The van der Waals surface area contributed by atoms with Gasteiger partial charge in [0.25, 0.3) is 5.91 Å². The van der Waals surface area contributed by atoms with Crippen molar-refractivity contribution in [2.75, 3.05) is 13.1 Å². The van der Waals surface area contributed by atoms with Crippen molar-refractivity contribution in [1.29, 1.82) is 0 Å². The molecule has 1 aliphatic heterocycles. The number of carbonyl (C=O) groups is 2. The van der Waals surface area contributed by atoms with Gasteiger partial charge in [-0.1, -0.05) is 73.9 Å². The summed E-state index contributed by atoms with van der Waals surface area (Å²) in [5, 5.41) is 19.0. The second kappa shape index (κ2) is 12.7. The van der Waals surface area contributed by atoms with Crippen LogP contribution >= 0.6 is 0 Å². The molecule has 2 aromatic carbocycles. The molecule has 7 nitrogen and oxygen atoms in total. The molecule has 2 heterocycles. The first-order valence-electron chi connectivity index (χ1n) is 15.1. The van der Waals surface area contributed by atoms with Gasteiger partial charge in [-0.05, 0) is 69.6 Å². The average Bonchev–Trinajstić information content (AvgIpc) is 2.95. The lowest BCUT2D eigenvalue weighted by Gasteiger charge is -2.47. The van der Waals surface area contributed by atoms with Crippen LogP contribution in [0.1, 0.15) is 68.9 Å². The largest absolute Gasteiger partial charge is 0.390 e.